The van der Waals surface area contributed by atoms with Gasteiger partial charge in [-0.1, -0.05) is 23.7 Å². The highest BCUT2D eigenvalue weighted by molar-refractivity contribution is 6.30. The second-order valence-corrected chi connectivity index (χ2v) is 12.8. The molecule has 0 spiro atoms. The average molecular weight is 595 g/mol. The van der Waals surface area contributed by atoms with Crippen LogP contribution >= 0.6 is 11.6 Å². The van der Waals surface area contributed by atoms with Crippen molar-refractivity contribution < 1.29 is 23.8 Å². The van der Waals surface area contributed by atoms with Crippen molar-refractivity contribution in [1.29, 1.82) is 0 Å². The lowest BCUT2D eigenvalue weighted by atomic mass is 9.83. The molecule has 1 N–H and O–H groups in total. The molecule has 0 saturated heterocycles. The van der Waals surface area contributed by atoms with Crippen LogP contribution in [0.4, 0.5) is 4.39 Å². The predicted octanol–water partition coefficient (Wildman–Crippen LogP) is 7.41. The second-order valence-electron chi connectivity index (χ2n) is 12.4. The molecule has 3 heterocycles. The molecule has 0 bridgehead atoms. The van der Waals surface area contributed by atoms with Gasteiger partial charge in [0.2, 0.25) is 0 Å². The van der Waals surface area contributed by atoms with E-state index in [1.54, 1.807) is 0 Å². The van der Waals surface area contributed by atoms with Gasteiger partial charge in [0.1, 0.15) is 0 Å². The maximum atomic E-state index is 15.6. The Hall–Kier alpha value is -3.00. The SMILES string of the molecule is Cc1nc2c(c(-c3cc(F)c4c(c3C)CCCO4)c1[C@H](OC(C)(C)C)C(=O)O)CN(CCCc1ccc(Cl)cc1)CC2. The summed E-state index contributed by atoms with van der Waals surface area (Å²) in [7, 11) is 0. The number of hydrogen-bond donors (Lipinski definition) is 1. The first kappa shape index (κ1) is 30.5. The third-order valence-electron chi connectivity index (χ3n) is 8.17. The Morgan fingerprint density at radius 1 is 1.19 bits per heavy atom. The van der Waals surface area contributed by atoms with Crippen LogP contribution in [-0.4, -0.2) is 46.3 Å². The quantitative estimate of drug-likeness (QED) is 0.293. The highest BCUT2D eigenvalue weighted by Crippen LogP contribution is 2.44. The van der Waals surface area contributed by atoms with Crippen LogP contribution in [0.25, 0.3) is 11.1 Å². The topological polar surface area (TPSA) is 71.9 Å². The zero-order valence-corrected chi connectivity index (χ0v) is 25.9. The maximum absolute atomic E-state index is 15.6. The first-order valence-electron chi connectivity index (χ1n) is 14.8. The van der Waals surface area contributed by atoms with Crippen LogP contribution in [0.1, 0.15) is 78.9 Å². The summed E-state index contributed by atoms with van der Waals surface area (Å²) in [4.78, 5) is 20.1. The standard InChI is InChI=1S/C34H40ClFN2O4/c1-20-24-9-7-17-41-31(24)27(36)18-25(20)30-26-19-38(15-6-8-22-10-12-23(35)13-11-22)16-14-28(26)37-21(2)29(30)32(33(39)40)42-34(3,4)5/h10-13,18,32H,6-9,14-17,19H2,1-5H3,(H,39,40)/t32-/m0/s1. The molecule has 0 saturated carbocycles. The Kier molecular flexibility index (Phi) is 8.93. The molecule has 2 aliphatic heterocycles. The number of pyridine rings is 1. The van der Waals surface area contributed by atoms with Crippen molar-refractivity contribution in [2.75, 3.05) is 19.7 Å². The lowest BCUT2D eigenvalue weighted by Gasteiger charge is -2.34. The molecule has 0 fully saturated rings. The minimum Gasteiger partial charge on any atom is -0.490 e. The van der Waals surface area contributed by atoms with Crippen LogP contribution in [0.3, 0.4) is 0 Å². The molecule has 42 heavy (non-hydrogen) atoms. The van der Waals surface area contributed by atoms with Gasteiger partial charge in [-0.3, -0.25) is 9.88 Å². The van der Waals surface area contributed by atoms with E-state index < -0.39 is 23.5 Å². The minimum absolute atomic E-state index is 0.313. The zero-order chi connectivity index (χ0) is 30.2. The summed E-state index contributed by atoms with van der Waals surface area (Å²) >= 11 is 6.05. The number of aryl methyl sites for hydroxylation is 2. The summed E-state index contributed by atoms with van der Waals surface area (Å²) in [6, 6.07) is 9.47. The van der Waals surface area contributed by atoms with E-state index in [1.165, 1.54) is 11.6 Å². The third kappa shape index (κ3) is 6.48. The van der Waals surface area contributed by atoms with E-state index in [-0.39, 0.29) is 0 Å². The van der Waals surface area contributed by atoms with Gasteiger partial charge < -0.3 is 14.6 Å². The molecule has 224 valence electrons. The van der Waals surface area contributed by atoms with Gasteiger partial charge in [-0.05, 0) is 113 Å². The van der Waals surface area contributed by atoms with Crippen LogP contribution < -0.4 is 4.74 Å². The van der Waals surface area contributed by atoms with Gasteiger partial charge in [-0.2, -0.15) is 0 Å². The van der Waals surface area contributed by atoms with E-state index in [0.717, 1.165) is 71.7 Å². The van der Waals surface area contributed by atoms with E-state index in [1.807, 2.05) is 46.8 Å². The molecule has 3 aromatic rings. The molecule has 6 nitrogen and oxygen atoms in total. The maximum Gasteiger partial charge on any atom is 0.337 e. The number of nitrogens with zero attached hydrogens (tertiary/aromatic N) is 2. The Bertz CT molecular complexity index is 1480. The monoisotopic (exact) mass is 594 g/mol. The molecule has 1 atom stereocenters. The van der Waals surface area contributed by atoms with Gasteiger partial charge >= 0.3 is 5.97 Å². The Labute approximate surface area is 252 Å². The summed E-state index contributed by atoms with van der Waals surface area (Å²) in [5, 5.41) is 11.2. The van der Waals surface area contributed by atoms with Gasteiger partial charge in [0, 0.05) is 47.0 Å². The number of rotatable bonds is 8. The Balaban J connectivity index is 1.60. The minimum atomic E-state index is -1.26. The molecule has 0 amide bonds. The fourth-order valence-electron chi connectivity index (χ4n) is 6.24. The summed E-state index contributed by atoms with van der Waals surface area (Å²) < 4.78 is 27.5. The molecule has 2 aromatic carbocycles. The summed E-state index contributed by atoms with van der Waals surface area (Å²) in [5.74, 6) is -1.20. The fraction of sp³-hybridized carbons (Fsp3) is 0.471. The molecule has 0 radical (unpaired) electrons. The Morgan fingerprint density at radius 2 is 1.93 bits per heavy atom. The smallest absolute Gasteiger partial charge is 0.337 e. The number of aliphatic carboxylic acids is 1. The van der Waals surface area contributed by atoms with Crippen LogP contribution in [-0.2, 0) is 35.3 Å². The number of carboxylic acid groups (broad SMARTS) is 1. The largest absolute Gasteiger partial charge is 0.490 e. The number of halogens is 2. The van der Waals surface area contributed by atoms with Crippen molar-refractivity contribution in [2.45, 2.75) is 85.0 Å². The molecular weight excluding hydrogens is 555 g/mol. The van der Waals surface area contributed by atoms with Crippen LogP contribution in [0, 0.1) is 19.7 Å². The summed E-state index contributed by atoms with van der Waals surface area (Å²) in [5.41, 5.74) is 6.71. The van der Waals surface area contributed by atoms with Crippen LogP contribution in [0.5, 0.6) is 5.75 Å². The predicted molar refractivity (Wildman–Crippen MR) is 163 cm³/mol. The summed E-state index contributed by atoms with van der Waals surface area (Å²) in [6.45, 7) is 12.2. The van der Waals surface area contributed by atoms with Crippen molar-refractivity contribution in [1.82, 2.24) is 9.88 Å². The van der Waals surface area contributed by atoms with Crippen molar-refractivity contribution in [3.05, 3.63) is 80.4 Å². The number of fused-ring (bicyclic) bond motifs is 2. The zero-order valence-electron chi connectivity index (χ0n) is 25.2. The molecule has 2 aliphatic rings. The van der Waals surface area contributed by atoms with E-state index in [9.17, 15) is 9.90 Å². The molecule has 5 rings (SSSR count). The van der Waals surface area contributed by atoms with Crippen LogP contribution in [0.2, 0.25) is 5.02 Å². The first-order chi connectivity index (χ1) is 19.9. The fourth-order valence-corrected chi connectivity index (χ4v) is 6.37. The molecule has 8 heteroatoms. The molecule has 1 aromatic heterocycles. The summed E-state index contributed by atoms with van der Waals surface area (Å²) in [6.07, 6.45) is 2.90. The molecule has 0 aliphatic carbocycles. The van der Waals surface area contributed by atoms with Crippen molar-refractivity contribution in [2.24, 2.45) is 0 Å². The average Bonchev–Trinajstić information content (AvgIpc) is 2.94. The number of ether oxygens (including phenoxy) is 2. The van der Waals surface area contributed by atoms with Gasteiger partial charge in [0.15, 0.2) is 17.7 Å². The lowest BCUT2D eigenvalue weighted by molar-refractivity contribution is -0.160. The van der Waals surface area contributed by atoms with E-state index in [2.05, 4.69) is 17.0 Å². The highest BCUT2D eigenvalue weighted by Gasteiger charge is 2.36. The first-order valence-corrected chi connectivity index (χ1v) is 15.2. The van der Waals surface area contributed by atoms with Crippen molar-refractivity contribution in [3.8, 4) is 16.9 Å². The normalized spacial score (nSPS) is 16.0. The van der Waals surface area contributed by atoms with Crippen molar-refractivity contribution in [3.63, 3.8) is 0 Å². The third-order valence-corrected chi connectivity index (χ3v) is 8.43. The highest BCUT2D eigenvalue weighted by atomic mass is 35.5. The second kappa shape index (κ2) is 12.3. The lowest BCUT2D eigenvalue weighted by Crippen LogP contribution is -2.34. The number of carboxylic acids is 1. The van der Waals surface area contributed by atoms with E-state index in [4.69, 9.17) is 26.1 Å². The van der Waals surface area contributed by atoms with E-state index >= 15 is 4.39 Å². The van der Waals surface area contributed by atoms with Gasteiger partial charge in [0.25, 0.3) is 0 Å². The number of carbonyl (C=O) groups is 1. The number of benzene rings is 2. The molecule has 0 unspecified atom stereocenters. The van der Waals surface area contributed by atoms with Gasteiger partial charge in [-0.25, -0.2) is 9.18 Å². The van der Waals surface area contributed by atoms with E-state index in [0.29, 0.717) is 42.1 Å². The number of aromatic nitrogens is 1. The Morgan fingerprint density at radius 3 is 2.62 bits per heavy atom. The van der Waals surface area contributed by atoms with Gasteiger partial charge in [-0.15, -0.1) is 0 Å². The number of hydrogen-bond acceptors (Lipinski definition) is 5. The van der Waals surface area contributed by atoms with Gasteiger partial charge in [0.05, 0.1) is 12.2 Å². The molecular formula is C34H40ClFN2O4. The van der Waals surface area contributed by atoms with Crippen LogP contribution in [0.15, 0.2) is 30.3 Å². The van der Waals surface area contributed by atoms with Crippen molar-refractivity contribution >= 4 is 17.6 Å².